The fraction of sp³-hybridized carbons (Fsp3) is 0.100. The summed E-state index contributed by atoms with van der Waals surface area (Å²) < 4.78 is 0. The molecule has 0 aliphatic heterocycles. The van der Waals surface area contributed by atoms with Crippen LogP contribution in [0.15, 0.2) is 99.6 Å². The Bertz CT molecular complexity index is 729. The van der Waals surface area contributed by atoms with Gasteiger partial charge < -0.3 is 5.11 Å². The second kappa shape index (κ2) is 8.25. The van der Waals surface area contributed by atoms with Gasteiger partial charge in [0.1, 0.15) is 0 Å². The quantitative estimate of drug-likeness (QED) is 0.585. The summed E-state index contributed by atoms with van der Waals surface area (Å²) in [4.78, 5) is 3.47. The van der Waals surface area contributed by atoms with Gasteiger partial charge in [0.15, 0.2) is 0 Å². The van der Waals surface area contributed by atoms with Gasteiger partial charge in [-0.3, -0.25) is 0 Å². The molecular weight excluding hydrogens is 320 g/mol. The van der Waals surface area contributed by atoms with E-state index in [1.165, 1.54) is 9.79 Å². The van der Waals surface area contributed by atoms with Crippen LogP contribution in [0.1, 0.15) is 11.7 Å². The Kier molecular flexibility index (Phi) is 5.81. The molecule has 0 heterocycles. The molecule has 0 spiro atoms. The van der Waals surface area contributed by atoms with Gasteiger partial charge in [0.2, 0.25) is 0 Å². The van der Waals surface area contributed by atoms with Gasteiger partial charge in [0, 0.05) is 20.4 Å². The lowest BCUT2D eigenvalue weighted by Gasteiger charge is -2.15. The predicted octanol–water partition coefficient (Wildman–Crippen LogP) is 5.66. The third kappa shape index (κ3) is 4.64. The number of aliphatic hydroxyl groups is 1. The summed E-state index contributed by atoms with van der Waals surface area (Å²) >= 11 is 3.37. The van der Waals surface area contributed by atoms with Gasteiger partial charge in [0.05, 0.1) is 6.10 Å². The molecule has 3 aromatic rings. The maximum atomic E-state index is 10.6. The molecule has 0 fully saturated rings. The van der Waals surface area contributed by atoms with E-state index >= 15 is 0 Å². The number of hydrogen-bond donors (Lipinski definition) is 1. The van der Waals surface area contributed by atoms with Crippen LogP contribution in [0.5, 0.6) is 0 Å². The van der Waals surface area contributed by atoms with E-state index in [1.54, 1.807) is 23.5 Å². The summed E-state index contributed by atoms with van der Waals surface area (Å²) in [5.74, 6) is 0.649. The molecule has 3 rings (SSSR count). The summed E-state index contributed by atoms with van der Waals surface area (Å²) in [7, 11) is 0. The Balaban J connectivity index is 1.71. The fourth-order valence-corrected chi connectivity index (χ4v) is 4.14. The van der Waals surface area contributed by atoms with Crippen molar-refractivity contribution in [2.24, 2.45) is 0 Å². The second-order valence-corrected chi connectivity index (χ2v) is 7.30. The summed E-state index contributed by atoms with van der Waals surface area (Å²) in [6.07, 6.45) is -0.479. The molecule has 1 nitrogen and oxygen atoms in total. The Labute approximate surface area is 145 Å². The van der Waals surface area contributed by atoms with E-state index in [4.69, 9.17) is 0 Å². The van der Waals surface area contributed by atoms with Crippen molar-refractivity contribution in [1.82, 2.24) is 0 Å². The van der Waals surface area contributed by atoms with E-state index in [2.05, 4.69) is 30.3 Å². The van der Waals surface area contributed by atoms with E-state index in [-0.39, 0.29) is 0 Å². The molecule has 0 radical (unpaired) electrons. The second-order valence-electron chi connectivity index (χ2n) is 5.09. The average Bonchev–Trinajstić information content (AvgIpc) is 2.62. The number of rotatable bonds is 6. The summed E-state index contributed by atoms with van der Waals surface area (Å²) in [5.41, 5.74) is 0.991. The van der Waals surface area contributed by atoms with E-state index in [0.29, 0.717) is 5.75 Å². The first-order valence-electron chi connectivity index (χ1n) is 7.50. The van der Waals surface area contributed by atoms with Crippen LogP contribution in [-0.4, -0.2) is 10.9 Å². The number of thioether (sulfide) groups is 1. The Morgan fingerprint density at radius 3 is 1.96 bits per heavy atom. The summed E-state index contributed by atoms with van der Waals surface area (Å²) in [5, 5.41) is 10.6. The Morgan fingerprint density at radius 2 is 1.26 bits per heavy atom. The maximum Gasteiger partial charge on any atom is 0.0894 e. The van der Waals surface area contributed by atoms with Crippen molar-refractivity contribution >= 4 is 23.5 Å². The lowest BCUT2D eigenvalue weighted by Crippen LogP contribution is -2.02. The van der Waals surface area contributed by atoms with Crippen molar-refractivity contribution in [3.63, 3.8) is 0 Å². The van der Waals surface area contributed by atoms with Gasteiger partial charge in [-0.15, -0.1) is 11.8 Å². The molecule has 0 saturated carbocycles. The summed E-state index contributed by atoms with van der Waals surface area (Å²) in [6, 6.07) is 28.6. The first-order valence-corrected chi connectivity index (χ1v) is 9.31. The van der Waals surface area contributed by atoms with Crippen molar-refractivity contribution in [3.05, 3.63) is 90.5 Å². The molecule has 1 atom stereocenters. The van der Waals surface area contributed by atoms with Crippen LogP contribution in [0.25, 0.3) is 0 Å². The predicted molar refractivity (Wildman–Crippen MR) is 99.1 cm³/mol. The third-order valence-corrected chi connectivity index (χ3v) is 5.59. The minimum atomic E-state index is -0.479. The molecule has 0 amide bonds. The molecule has 3 aromatic carbocycles. The number of benzene rings is 3. The smallest absolute Gasteiger partial charge is 0.0894 e. The highest BCUT2D eigenvalue weighted by Gasteiger charge is 2.13. The molecule has 1 unspecified atom stereocenters. The molecule has 0 bridgehead atoms. The molecule has 0 aromatic heterocycles. The minimum Gasteiger partial charge on any atom is -0.387 e. The minimum absolute atomic E-state index is 0.479. The van der Waals surface area contributed by atoms with Crippen molar-refractivity contribution < 1.29 is 5.11 Å². The van der Waals surface area contributed by atoms with Crippen LogP contribution in [-0.2, 0) is 0 Å². The van der Waals surface area contributed by atoms with Crippen LogP contribution in [0, 0.1) is 0 Å². The highest BCUT2D eigenvalue weighted by atomic mass is 32.2. The topological polar surface area (TPSA) is 20.2 Å². The SMILES string of the molecule is OC(CSc1ccccc1)c1ccccc1Sc1ccccc1. The van der Waals surface area contributed by atoms with Crippen LogP contribution < -0.4 is 0 Å². The van der Waals surface area contributed by atoms with E-state index in [0.717, 1.165) is 10.5 Å². The van der Waals surface area contributed by atoms with Crippen LogP contribution in [0.4, 0.5) is 0 Å². The molecule has 0 saturated heterocycles. The zero-order valence-corrected chi connectivity index (χ0v) is 14.3. The molecule has 116 valence electrons. The first kappa shape index (κ1) is 16.2. The molecule has 23 heavy (non-hydrogen) atoms. The zero-order valence-electron chi connectivity index (χ0n) is 12.6. The molecular formula is C20H18OS2. The monoisotopic (exact) mass is 338 g/mol. The standard InChI is InChI=1S/C20H18OS2/c21-19(15-22-16-9-3-1-4-10-16)18-13-7-8-14-20(18)23-17-11-5-2-6-12-17/h1-14,19,21H,15H2. The van der Waals surface area contributed by atoms with Gasteiger partial charge in [-0.05, 0) is 35.9 Å². The van der Waals surface area contributed by atoms with Crippen molar-refractivity contribution in [2.75, 3.05) is 5.75 Å². The molecule has 0 aliphatic carbocycles. The van der Waals surface area contributed by atoms with Crippen molar-refractivity contribution in [3.8, 4) is 0 Å². The third-order valence-electron chi connectivity index (χ3n) is 3.40. The molecule has 3 heteroatoms. The number of hydrogen-bond acceptors (Lipinski definition) is 3. The van der Waals surface area contributed by atoms with Crippen molar-refractivity contribution in [2.45, 2.75) is 20.8 Å². The Morgan fingerprint density at radius 1 is 0.696 bits per heavy atom. The lowest BCUT2D eigenvalue weighted by atomic mass is 10.1. The van der Waals surface area contributed by atoms with E-state index in [1.807, 2.05) is 54.6 Å². The van der Waals surface area contributed by atoms with Gasteiger partial charge in [0.25, 0.3) is 0 Å². The maximum absolute atomic E-state index is 10.6. The largest absolute Gasteiger partial charge is 0.387 e. The molecule has 0 aliphatic rings. The van der Waals surface area contributed by atoms with Crippen LogP contribution >= 0.6 is 23.5 Å². The molecule has 1 N–H and O–H groups in total. The highest BCUT2D eigenvalue weighted by molar-refractivity contribution is 7.99. The highest BCUT2D eigenvalue weighted by Crippen LogP contribution is 2.35. The van der Waals surface area contributed by atoms with Crippen LogP contribution in [0.2, 0.25) is 0 Å². The van der Waals surface area contributed by atoms with Gasteiger partial charge in [-0.2, -0.15) is 0 Å². The fourth-order valence-electron chi connectivity index (χ4n) is 2.25. The van der Waals surface area contributed by atoms with E-state index < -0.39 is 6.10 Å². The Hall–Kier alpha value is -1.68. The first-order chi connectivity index (χ1) is 11.3. The van der Waals surface area contributed by atoms with Crippen LogP contribution in [0.3, 0.4) is 0 Å². The van der Waals surface area contributed by atoms with Gasteiger partial charge in [-0.1, -0.05) is 66.4 Å². The zero-order chi connectivity index (χ0) is 15.9. The summed E-state index contributed by atoms with van der Waals surface area (Å²) in [6.45, 7) is 0. The van der Waals surface area contributed by atoms with Gasteiger partial charge in [-0.25, -0.2) is 0 Å². The average molecular weight is 338 g/mol. The lowest BCUT2D eigenvalue weighted by molar-refractivity contribution is 0.201. The normalized spacial score (nSPS) is 12.0. The van der Waals surface area contributed by atoms with E-state index in [9.17, 15) is 5.11 Å². The van der Waals surface area contributed by atoms with Gasteiger partial charge >= 0.3 is 0 Å². The van der Waals surface area contributed by atoms with Crippen molar-refractivity contribution in [1.29, 1.82) is 0 Å². The number of aliphatic hydroxyl groups excluding tert-OH is 1.